The summed E-state index contributed by atoms with van der Waals surface area (Å²) in [6.45, 7) is 6.35. The van der Waals surface area contributed by atoms with Crippen molar-refractivity contribution < 1.29 is 13.9 Å². The van der Waals surface area contributed by atoms with Gasteiger partial charge in [-0.05, 0) is 25.5 Å². The fourth-order valence-corrected chi connectivity index (χ4v) is 3.28. The van der Waals surface area contributed by atoms with Crippen molar-refractivity contribution in [2.24, 2.45) is 0 Å². The molecule has 23 heavy (non-hydrogen) atoms. The number of aromatic nitrogens is 1. The van der Waals surface area contributed by atoms with Crippen molar-refractivity contribution in [3.8, 4) is 10.8 Å². The van der Waals surface area contributed by atoms with Crippen molar-refractivity contribution in [2.45, 2.75) is 32.4 Å². The number of rotatable bonds is 4. The molecule has 2 aromatic rings. The lowest BCUT2D eigenvalue weighted by Crippen LogP contribution is -2.54. The van der Waals surface area contributed by atoms with Crippen LogP contribution in [0.3, 0.4) is 0 Å². The molecule has 3 rings (SSSR count). The Morgan fingerprint density at radius 2 is 2.43 bits per heavy atom. The number of furan rings is 1. The average molecular weight is 335 g/mol. The highest BCUT2D eigenvalue weighted by molar-refractivity contribution is 7.13. The normalized spacial score (nSPS) is 21.4. The molecular formula is C16H21N3O3S. The van der Waals surface area contributed by atoms with Gasteiger partial charge in [0.25, 0.3) is 0 Å². The standard InChI is InChI=1S/C16H21N3O3S/c1-3-16(2)11-19(6-8-22-16)15(20)17-9-12-10-23-14(18-12)13-5-4-7-21-13/h4-5,7,10H,3,6,8-9,11H2,1-2H3,(H,17,20). The zero-order valence-corrected chi connectivity index (χ0v) is 14.2. The summed E-state index contributed by atoms with van der Waals surface area (Å²) in [5.41, 5.74) is 0.587. The summed E-state index contributed by atoms with van der Waals surface area (Å²) in [6, 6.07) is 3.64. The smallest absolute Gasteiger partial charge is 0.317 e. The summed E-state index contributed by atoms with van der Waals surface area (Å²) in [5.74, 6) is 0.750. The Hall–Kier alpha value is -1.86. The monoisotopic (exact) mass is 335 g/mol. The maximum absolute atomic E-state index is 12.3. The maximum atomic E-state index is 12.3. The third-order valence-electron chi connectivity index (χ3n) is 4.08. The van der Waals surface area contributed by atoms with Crippen LogP contribution in [0.25, 0.3) is 10.8 Å². The highest BCUT2D eigenvalue weighted by Gasteiger charge is 2.32. The number of nitrogens with one attached hydrogen (secondary N) is 1. The molecule has 0 spiro atoms. The highest BCUT2D eigenvalue weighted by atomic mass is 32.1. The minimum absolute atomic E-state index is 0.0690. The Balaban J connectivity index is 1.55. The third-order valence-corrected chi connectivity index (χ3v) is 4.98. The zero-order chi connectivity index (χ0) is 16.3. The van der Waals surface area contributed by atoms with Crippen LogP contribution in [0.5, 0.6) is 0 Å². The van der Waals surface area contributed by atoms with Crippen molar-refractivity contribution >= 4 is 17.4 Å². The van der Waals surface area contributed by atoms with Crippen LogP contribution in [0, 0.1) is 0 Å². The summed E-state index contributed by atoms with van der Waals surface area (Å²) in [5, 5.41) is 5.70. The molecule has 1 saturated heterocycles. The Kier molecular flexibility index (Phi) is 4.68. The van der Waals surface area contributed by atoms with Gasteiger partial charge in [0.1, 0.15) is 0 Å². The largest absolute Gasteiger partial charge is 0.462 e. The van der Waals surface area contributed by atoms with Crippen LogP contribution in [0.15, 0.2) is 28.2 Å². The Morgan fingerprint density at radius 3 is 3.17 bits per heavy atom. The molecule has 0 aliphatic carbocycles. The van der Waals surface area contributed by atoms with Crippen LogP contribution >= 0.6 is 11.3 Å². The molecule has 1 N–H and O–H groups in total. The van der Waals surface area contributed by atoms with E-state index in [2.05, 4.69) is 17.2 Å². The van der Waals surface area contributed by atoms with Crippen molar-refractivity contribution in [1.82, 2.24) is 15.2 Å². The van der Waals surface area contributed by atoms with Crippen LogP contribution in [-0.4, -0.2) is 41.2 Å². The SMILES string of the molecule is CCC1(C)CN(C(=O)NCc2csc(-c3ccco3)n2)CCO1. The van der Waals surface area contributed by atoms with E-state index in [1.165, 1.54) is 11.3 Å². The number of thiazole rings is 1. The van der Waals surface area contributed by atoms with Crippen molar-refractivity contribution in [3.63, 3.8) is 0 Å². The minimum Gasteiger partial charge on any atom is -0.462 e. The van der Waals surface area contributed by atoms with E-state index in [1.807, 2.05) is 29.3 Å². The molecule has 0 bridgehead atoms. The van der Waals surface area contributed by atoms with Gasteiger partial charge in [0.2, 0.25) is 0 Å². The fraction of sp³-hybridized carbons (Fsp3) is 0.500. The topological polar surface area (TPSA) is 67.6 Å². The molecule has 1 fully saturated rings. The third kappa shape index (κ3) is 3.73. The first-order chi connectivity index (χ1) is 11.1. The number of hydrogen-bond donors (Lipinski definition) is 1. The van der Waals surface area contributed by atoms with Crippen molar-refractivity contribution in [3.05, 3.63) is 29.5 Å². The molecule has 6 nitrogen and oxygen atoms in total. The molecule has 0 aromatic carbocycles. The van der Waals surface area contributed by atoms with Crippen LogP contribution in [0.4, 0.5) is 4.79 Å². The van der Waals surface area contributed by atoms with Crippen LogP contribution < -0.4 is 5.32 Å². The Bertz CT molecular complexity index is 655. The zero-order valence-electron chi connectivity index (χ0n) is 13.4. The number of carbonyl (C=O) groups is 1. The summed E-state index contributed by atoms with van der Waals surface area (Å²) in [4.78, 5) is 18.6. The molecule has 0 radical (unpaired) electrons. The minimum atomic E-state index is -0.247. The second-order valence-corrected chi connectivity index (χ2v) is 6.71. The molecule has 2 amide bonds. The number of morpholine rings is 1. The number of urea groups is 1. The fourth-order valence-electron chi connectivity index (χ4n) is 2.50. The van der Waals surface area contributed by atoms with E-state index >= 15 is 0 Å². The second-order valence-electron chi connectivity index (χ2n) is 5.85. The van der Waals surface area contributed by atoms with Crippen LogP contribution in [0.2, 0.25) is 0 Å². The highest BCUT2D eigenvalue weighted by Crippen LogP contribution is 2.24. The molecule has 3 heterocycles. The van der Waals surface area contributed by atoms with E-state index in [4.69, 9.17) is 9.15 Å². The molecule has 2 aromatic heterocycles. The number of nitrogens with zero attached hydrogens (tertiary/aromatic N) is 2. The maximum Gasteiger partial charge on any atom is 0.317 e. The predicted molar refractivity (Wildman–Crippen MR) is 88.3 cm³/mol. The van der Waals surface area contributed by atoms with Gasteiger partial charge >= 0.3 is 6.03 Å². The first-order valence-corrected chi connectivity index (χ1v) is 8.62. The Morgan fingerprint density at radius 1 is 1.57 bits per heavy atom. The lowest BCUT2D eigenvalue weighted by atomic mass is 10.0. The molecule has 7 heteroatoms. The van der Waals surface area contributed by atoms with Gasteiger partial charge in [0.05, 0.1) is 37.3 Å². The molecular weight excluding hydrogens is 314 g/mol. The number of carbonyl (C=O) groups excluding carboxylic acids is 1. The molecule has 1 aliphatic rings. The summed E-state index contributed by atoms with van der Waals surface area (Å²) < 4.78 is 11.1. The molecule has 1 aliphatic heterocycles. The second kappa shape index (κ2) is 6.72. The first-order valence-electron chi connectivity index (χ1n) is 7.75. The van der Waals surface area contributed by atoms with E-state index in [-0.39, 0.29) is 11.6 Å². The summed E-state index contributed by atoms with van der Waals surface area (Å²) in [7, 11) is 0. The Labute approximate surface area is 139 Å². The van der Waals surface area contributed by atoms with Gasteiger partial charge in [0, 0.05) is 11.9 Å². The summed E-state index contributed by atoms with van der Waals surface area (Å²) >= 11 is 1.51. The summed E-state index contributed by atoms with van der Waals surface area (Å²) in [6.07, 6.45) is 2.51. The van der Waals surface area contributed by atoms with E-state index in [1.54, 1.807) is 6.26 Å². The van der Waals surface area contributed by atoms with Gasteiger partial charge < -0.3 is 19.4 Å². The number of ether oxygens (including phenoxy) is 1. The molecule has 124 valence electrons. The van der Waals surface area contributed by atoms with Gasteiger partial charge in [-0.15, -0.1) is 11.3 Å². The lowest BCUT2D eigenvalue weighted by Gasteiger charge is -2.39. The van der Waals surface area contributed by atoms with Crippen LogP contribution in [0.1, 0.15) is 26.0 Å². The van der Waals surface area contributed by atoms with Gasteiger partial charge in [-0.25, -0.2) is 9.78 Å². The van der Waals surface area contributed by atoms with E-state index in [0.717, 1.165) is 22.9 Å². The van der Waals surface area contributed by atoms with Crippen molar-refractivity contribution in [2.75, 3.05) is 19.7 Å². The molecule has 0 saturated carbocycles. The quantitative estimate of drug-likeness (QED) is 0.932. The van der Waals surface area contributed by atoms with Crippen molar-refractivity contribution in [1.29, 1.82) is 0 Å². The van der Waals surface area contributed by atoms with E-state index in [9.17, 15) is 4.79 Å². The lowest BCUT2D eigenvalue weighted by molar-refractivity contribution is -0.0872. The predicted octanol–water partition coefficient (Wildman–Crippen LogP) is 3.11. The number of hydrogen-bond acceptors (Lipinski definition) is 5. The van der Waals surface area contributed by atoms with E-state index < -0.39 is 0 Å². The molecule has 1 atom stereocenters. The molecule has 1 unspecified atom stereocenters. The average Bonchev–Trinajstić information content (AvgIpc) is 3.23. The van der Waals surface area contributed by atoms with Gasteiger partial charge in [0.15, 0.2) is 10.8 Å². The van der Waals surface area contributed by atoms with Crippen LogP contribution in [-0.2, 0) is 11.3 Å². The van der Waals surface area contributed by atoms with Gasteiger partial charge in [-0.1, -0.05) is 6.92 Å². The number of amides is 2. The van der Waals surface area contributed by atoms with E-state index in [0.29, 0.717) is 26.2 Å². The van der Waals surface area contributed by atoms with Gasteiger partial charge in [-0.2, -0.15) is 0 Å². The first kappa shape index (κ1) is 16.0. The van der Waals surface area contributed by atoms with Gasteiger partial charge in [-0.3, -0.25) is 0 Å².